The minimum absolute atomic E-state index is 0.00156. The largest absolute Gasteiger partial charge is 0.392 e. The second kappa shape index (κ2) is 12.2. The molecular weight excluding hydrogens is 448 g/mol. The number of rotatable bonds is 10. The van der Waals surface area contributed by atoms with Crippen molar-refractivity contribution in [3.05, 3.63) is 30.0 Å². The average molecular weight is 485 g/mol. The molecule has 1 aromatic carbocycles. The van der Waals surface area contributed by atoms with E-state index >= 15 is 0 Å². The number of nitrogens with one attached hydrogen (secondary N) is 2. The molecular formula is C25H36N6O2S. The van der Waals surface area contributed by atoms with Crippen LogP contribution in [0.15, 0.2) is 24.3 Å². The van der Waals surface area contributed by atoms with Gasteiger partial charge in [-0.3, -0.25) is 9.69 Å². The van der Waals surface area contributed by atoms with E-state index in [1.54, 1.807) is 0 Å². The van der Waals surface area contributed by atoms with Crippen LogP contribution in [-0.2, 0) is 4.79 Å². The summed E-state index contributed by atoms with van der Waals surface area (Å²) in [5.41, 5.74) is 4.18. The normalized spacial score (nSPS) is 16.2. The van der Waals surface area contributed by atoms with E-state index in [4.69, 9.17) is 5.26 Å². The Balaban J connectivity index is 1.73. The number of nitrogens with zero attached hydrogens (tertiary/aromatic N) is 4. The predicted molar refractivity (Wildman–Crippen MR) is 138 cm³/mol. The van der Waals surface area contributed by atoms with Crippen molar-refractivity contribution in [3.63, 3.8) is 0 Å². The number of β-amino-alcohol motifs (C(OH)–C–C–N with tert-alkyl or cyclic N) is 1. The smallest absolute Gasteiger partial charge is 0.243 e. The number of benzene rings is 1. The van der Waals surface area contributed by atoms with Crippen LogP contribution in [0, 0.1) is 24.2 Å². The quantitative estimate of drug-likeness (QED) is 0.445. The molecule has 2 aromatic rings. The highest BCUT2D eigenvalue weighted by Gasteiger charge is 2.23. The number of hydrogen-bond donors (Lipinski definition) is 3. The number of hydrogen-bond acceptors (Lipinski definition) is 8. The molecule has 1 aliphatic heterocycles. The fraction of sp³-hybridized carbons (Fsp3) is 0.560. The molecule has 1 saturated heterocycles. The number of carbonyl (C=O) groups excluding carboxylic acids is 1. The summed E-state index contributed by atoms with van der Waals surface area (Å²) >= 11 is 1.36. The number of anilines is 2. The third-order valence-corrected chi connectivity index (χ3v) is 6.82. The van der Waals surface area contributed by atoms with Gasteiger partial charge < -0.3 is 20.6 Å². The first-order chi connectivity index (χ1) is 16.3. The van der Waals surface area contributed by atoms with Gasteiger partial charge in [0.25, 0.3) is 0 Å². The number of aryl methyl sites for hydroxylation is 1. The Bertz CT molecular complexity index is 974. The first-order valence-electron chi connectivity index (χ1n) is 11.9. The molecule has 0 bridgehead atoms. The molecule has 1 fully saturated rings. The van der Waals surface area contributed by atoms with Gasteiger partial charge in [-0.15, -0.1) is 0 Å². The van der Waals surface area contributed by atoms with Crippen molar-refractivity contribution in [2.45, 2.75) is 46.3 Å². The van der Waals surface area contributed by atoms with E-state index in [9.17, 15) is 9.90 Å². The summed E-state index contributed by atoms with van der Waals surface area (Å²) in [5.74, 6) is 0.153. The molecule has 0 radical (unpaired) electrons. The molecule has 3 rings (SSSR count). The van der Waals surface area contributed by atoms with E-state index in [-0.39, 0.29) is 18.6 Å². The Morgan fingerprint density at radius 1 is 1.21 bits per heavy atom. The van der Waals surface area contributed by atoms with Crippen LogP contribution >= 0.6 is 11.5 Å². The number of carbonyl (C=O) groups is 1. The van der Waals surface area contributed by atoms with Crippen molar-refractivity contribution >= 4 is 28.1 Å². The van der Waals surface area contributed by atoms with Gasteiger partial charge in [-0.05, 0) is 55.4 Å². The van der Waals surface area contributed by atoms with Gasteiger partial charge in [0.2, 0.25) is 5.91 Å². The molecule has 1 aromatic heterocycles. The lowest BCUT2D eigenvalue weighted by Crippen LogP contribution is -2.48. The van der Waals surface area contributed by atoms with Crippen LogP contribution in [0.2, 0.25) is 0 Å². The molecule has 34 heavy (non-hydrogen) atoms. The van der Waals surface area contributed by atoms with E-state index in [2.05, 4.69) is 62.9 Å². The van der Waals surface area contributed by atoms with Crippen molar-refractivity contribution in [3.8, 4) is 17.2 Å². The Hall–Kier alpha value is -2.67. The molecule has 0 spiro atoms. The monoisotopic (exact) mass is 484 g/mol. The third kappa shape index (κ3) is 6.92. The molecule has 1 aliphatic rings. The maximum atomic E-state index is 12.6. The van der Waals surface area contributed by atoms with Gasteiger partial charge in [0.05, 0.1) is 17.9 Å². The van der Waals surface area contributed by atoms with Gasteiger partial charge in [-0.25, -0.2) is 0 Å². The maximum Gasteiger partial charge on any atom is 0.243 e. The van der Waals surface area contributed by atoms with Gasteiger partial charge in [0.1, 0.15) is 17.6 Å². The lowest BCUT2D eigenvalue weighted by molar-refractivity contribution is -0.121. The highest BCUT2D eigenvalue weighted by atomic mass is 32.1. The highest BCUT2D eigenvalue weighted by Crippen LogP contribution is 2.36. The number of aromatic nitrogens is 1. The summed E-state index contributed by atoms with van der Waals surface area (Å²) in [6, 6.07) is 10.1. The highest BCUT2D eigenvalue weighted by molar-refractivity contribution is 7.11. The van der Waals surface area contributed by atoms with E-state index < -0.39 is 6.04 Å². The Morgan fingerprint density at radius 3 is 2.47 bits per heavy atom. The molecule has 0 aliphatic carbocycles. The fourth-order valence-corrected chi connectivity index (χ4v) is 5.19. The zero-order chi connectivity index (χ0) is 24.7. The lowest BCUT2D eigenvalue weighted by Gasteiger charge is -2.36. The summed E-state index contributed by atoms with van der Waals surface area (Å²) < 4.78 is 4.55. The average Bonchev–Trinajstić information content (AvgIpc) is 3.16. The SMILES string of the molecule is Cc1nsc(N[C@@H](CC(C)C)C(=O)NCC#N)c1-c1ccc(N2CCN(CC(C)O)CC2)cc1. The Kier molecular flexibility index (Phi) is 9.28. The molecule has 184 valence electrons. The van der Waals surface area contributed by atoms with Crippen LogP contribution in [0.5, 0.6) is 0 Å². The van der Waals surface area contributed by atoms with Gasteiger partial charge >= 0.3 is 0 Å². The van der Waals surface area contributed by atoms with Crippen LogP contribution in [0.3, 0.4) is 0 Å². The first-order valence-corrected chi connectivity index (χ1v) is 12.7. The summed E-state index contributed by atoms with van der Waals surface area (Å²) in [6.07, 6.45) is 0.363. The number of nitriles is 1. The summed E-state index contributed by atoms with van der Waals surface area (Å²) in [7, 11) is 0. The van der Waals surface area contributed by atoms with E-state index in [1.165, 1.54) is 17.2 Å². The second-order valence-corrected chi connectivity index (χ2v) is 10.1. The van der Waals surface area contributed by atoms with Gasteiger partial charge in [-0.2, -0.15) is 9.64 Å². The number of piperazine rings is 1. The summed E-state index contributed by atoms with van der Waals surface area (Å²) in [5, 5.41) is 25.4. The van der Waals surface area contributed by atoms with E-state index in [1.807, 2.05) is 19.9 Å². The molecule has 0 saturated carbocycles. The van der Waals surface area contributed by atoms with Crippen LogP contribution in [0.25, 0.3) is 11.1 Å². The maximum absolute atomic E-state index is 12.6. The second-order valence-electron chi connectivity index (χ2n) is 9.36. The number of aliphatic hydroxyl groups is 1. The topological polar surface area (TPSA) is 105 Å². The minimum atomic E-state index is -0.427. The molecule has 2 atom stereocenters. The van der Waals surface area contributed by atoms with Crippen LogP contribution in [-0.4, -0.2) is 71.7 Å². The van der Waals surface area contributed by atoms with Gasteiger partial charge in [-0.1, -0.05) is 26.0 Å². The molecule has 1 unspecified atom stereocenters. The standard InChI is InChI=1S/C25H36N6O2S/c1-17(2)15-22(24(33)27-10-9-26)28-25-23(19(4)29-34-25)20-5-7-21(8-6-20)31-13-11-30(12-14-31)16-18(3)32/h5-8,17-18,22,28,32H,10-16H2,1-4H3,(H,27,33)/t18?,22-/m0/s1. The third-order valence-electron chi connectivity index (χ3n) is 5.95. The van der Waals surface area contributed by atoms with Crippen molar-refractivity contribution in [2.24, 2.45) is 5.92 Å². The summed E-state index contributed by atoms with van der Waals surface area (Å²) in [4.78, 5) is 17.3. The molecule has 2 heterocycles. The zero-order valence-corrected chi connectivity index (χ0v) is 21.4. The van der Waals surface area contributed by atoms with Crippen molar-refractivity contribution in [1.29, 1.82) is 5.26 Å². The van der Waals surface area contributed by atoms with Crippen molar-refractivity contribution < 1.29 is 9.90 Å². The number of aliphatic hydroxyl groups excluding tert-OH is 1. The summed E-state index contributed by atoms with van der Waals surface area (Å²) in [6.45, 7) is 12.5. The molecule has 1 amide bonds. The number of amides is 1. The Labute approximate surface area is 206 Å². The van der Waals surface area contributed by atoms with Crippen LogP contribution in [0.4, 0.5) is 10.7 Å². The van der Waals surface area contributed by atoms with Crippen LogP contribution in [0.1, 0.15) is 32.9 Å². The van der Waals surface area contributed by atoms with Gasteiger partial charge in [0.15, 0.2) is 0 Å². The minimum Gasteiger partial charge on any atom is -0.392 e. The lowest BCUT2D eigenvalue weighted by atomic mass is 10.0. The van der Waals surface area contributed by atoms with Crippen molar-refractivity contribution in [1.82, 2.24) is 14.6 Å². The first kappa shape index (κ1) is 25.9. The molecule has 8 nitrogen and oxygen atoms in total. The van der Waals surface area contributed by atoms with E-state index in [0.29, 0.717) is 12.3 Å². The van der Waals surface area contributed by atoms with Gasteiger partial charge in [0, 0.05) is 44.0 Å². The molecule has 9 heteroatoms. The predicted octanol–water partition coefficient (Wildman–Crippen LogP) is 3.09. The van der Waals surface area contributed by atoms with E-state index in [0.717, 1.165) is 54.5 Å². The molecule has 3 N–H and O–H groups in total. The van der Waals surface area contributed by atoms with Crippen molar-refractivity contribution in [2.75, 3.05) is 49.5 Å². The zero-order valence-electron chi connectivity index (χ0n) is 20.5. The van der Waals surface area contributed by atoms with Crippen LogP contribution < -0.4 is 15.5 Å². The fourth-order valence-electron chi connectivity index (χ4n) is 4.32. The Morgan fingerprint density at radius 2 is 1.88 bits per heavy atom.